The molecular weight excluding hydrogens is 258 g/mol. The van der Waals surface area contributed by atoms with E-state index in [4.69, 9.17) is 11.6 Å². The van der Waals surface area contributed by atoms with E-state index < -0.39 is 0 Å². The Balaban J connectivity index is 2.04. The number of fused-ring (bicyclic) bond motifs is 1. The fourth-order valence-electron chi connectivity index (χ4n) is 2.88. The van der Waals surface area contributed by atoms with E-state index in [0.717, 1.165) is 34.7 Å². The number of nitrogens with zero attached hydrogens (tertiary/aromatic N) is 1. The second-order valence-electron chi connectivity index (χ2n) is 5.06. The lowest BCUT2D eigenvalue weighted by molar-refractivity contribution is 0.0971. The Morgan fingerprint density at radius 3 is 2.79 bits per heavy atom. The van der Waals surface area contributed by atoms with E-state index in [9.17, 15) is 4.79 Å². The third kappa shape index (κ3) is 2.10. The number of benzene rings is 1. The molecule has 3 rings (SSSR count). The molecule has 0 aliphatic heterocycles. The predicted molar refractivity (Wildman–Crippen MR) is 77.0 cm³/mol. The number of Topliss-reactive ketones (excluding diaryl/α,β-unsaturated/α-hetero) is 1. The quantitative estimate of drug-likeness (QED) is 0.801. The van der Waals surface area contributed by atoms with Gasteiger partial charge in [0, 0.05) is 28.9 Å². The highest BCUT2D eigenvalue weighted by atomic mass is 35.5. The third-order valence-corrected chi connectivity index (χ3v) is 4.26. The lowest BCUT2D eigenvalue weighted by Gasteiger charge is -2.21. The zero-order chi connectivity index (χ0) is 13.4. The molecule has 1 aliphatic carbocycles. The van der Waals surface area contributed by atoms with Crippen LogP contribution in [-0.2, 0) is 6.42 Å². The first-order chi connectivity index (χ1) is 9.18. The Labute approximate surface area is 118 Å². The number of rotatable bonds is 2. The Kier molecular flexibility index (Phi) is 3.19. The van der Waals surface area contributed by atoms with E-state index in [-0.39, 0.29) is 11.8 Å². The number of carbonyl (C=O) groups is 1. The number of ketones is 1. The standard InChI is InChI=1S/C16H16ClNO/c1-11(12-5-2-3-6-14(12)17)18-10-9-13-15(18)7-4-8-16(13)19/h2-3,5-6,9-11H,4,7-8H2,1H3. The molecule has 1 aromatic heterocycles. The summed E-state index contributed by atoms with van der Waals surface area (Å²) in [6.45, 7) is 2.13. The summed E-state index contributed by atoms with van der Waals surface area (Å²) in [5.74, 6) is 0.270. The van der Waals surface area contributed by atoms with E-state index in [1.165, 1.54) is 0 Å². The SMILES string of the molecule is CC(c1ccccc1Cl)n1ccc2c1CCCC2=O. The molecule has 2 nitrogen and oxygen atoms in total. The molecule has 1 heterocycles. The number of hydrogen-bond acceptors (Lipinski definition) is 1. The van der Waals surface area contributed by atoms with Crippen molar-refractivity contribution in [3.63, 3.8) is 0 Å². The van der Waals surface area contributed by atoms with Crippen molar-refractivity contribution in [3.05, 3.63) is 58.4 Å². The first kappa shape index (κ1) is 12.5. The van der Waals surface area contributed by atoms with Crippen LogP contribution in [0, 0.1) is 0 Å². The minimum Gasteiger partial charge on any atom is -0.344 e. The molecule has 0 bridgehead atoms. The minimum absolute atomic E-state index is 0.156. The van der Waals surface area contributed by atoms with Crippen molar-refractivity contribution in [1.82, 2.24) is 4.57 Å². The lowest BCUT2D eigenvalue weighted by Crippen LogP contribution is -2.16. The van der Waals surface area contributed by atoms with Gasteiger partial charge in [0.15, 0.2) is 5.78 Å². The van der Waals surface area contributed by atoms with E-state index in [2.05, 4.69) is 11.5 Å². The Hall–Kier alpha value is -1.54. The highest BCUT2D eigenvalue weighted by molar-refractivity contribution is 6.31. The van der Waals surface area contributed by atoms with Crippen molar-refractivity contribution in [2.24, 2.45) is 0 Å². The lowest BCUT2D eigenvalue weighted by atomic mass is 9.96. The summed E-state index contributed by atoms with van der Waals surface area (Å²) < 4.78 is 2.19. The fourth-order valence-corrected chi connectivity index (χ4v) is 3.17. The van der Waals surface area contributed by atoms with E-state index in [0.29, 0.717) is 6.42 Å². The summed E-state index contributed by atoms with van der Waals surface area (Å²) >= 11 is 6.27. The number of aromatic nitrogens is 1. The van der Waals surface area contributed by atoms with Gasteiger partial charge in [-0.25, -0.2) is 0 Å². The van der Waals surface area contributed by atoms with Crippen molar-refractivity contribution in [2.45, 2.75) is 32.2 Å². The molecule has 0 saturated heterocycles. The van der Waals surface area contributed by atoms with Crippen molar-refractivity contribution < 1.29 is 4.79 Å². The monoisotopic (exact) mass is 273 g/mol. The summed E-state index contributed by atoms with van der Waals surface area (Å²) in [5, 5.41) is 0.777. The zero-order valence-corrected chi connectivity index (χ0v) is 11.7. The molecule has 0 N–H and O–H groups in total. The van der Waals surface area contributed by atoms with Crippen molar-refractivity contribution in [3.8, 4) is 0 Å². The van der Waals surface area contributed by atoms with E-state index in [1.54, 1.807) is 0 Å². The average molecular weight is 274 g/mol. The Morgan fingerprint density at radius 2 is 2.00 bits per heavy atom. The molecule has 1 aliphatic rings. The van der Waals surface area contributed by atoms with Gasteiger partial charge in [-0.3, -0.25) is 4.79 Å². The van der Waals surface area contributed by atoms with Gasteiger partial charge in [-0.15, -0.1) is 0 Å². The third-order valence-electron chi connectivity index (χ3n) is 3.91. The molecule has 0 amide bonds. The van der Waals surface area contributed by atoms with Gasteiger partial charge in [0.1, 0.15) is 0 Å². The largest absolute Gasteiger partial charge is 0.344 e. The van der Waals surface area contributed by atoms with Gasteiger partial charge in [0.05, 0.1) is 6.04 Å². The summed E-state index contributed by atoms with van der Waals surface area (Å²) in [6.07, 6.45) is 4.62. The van der Waals surface area contributed by atoms with Gasteiger partial charge in [0.2, 0.25) is 0 Å². The van der Waals surface area contributed by atoms with Crippen LogP contribution in [0.4, 0.5) is 0 Å². The smallest absolute Gasteiger partial charge is 0.164 e. The molecule has 19 heavy (non-hydrogen) atoms. The van der Waals surface area contributed by atoms with Crippen molar-refractivity contribution >= 4 is 17.4 Å². The van der Waals surface area contributed by atoms with Gasteiger partial charge >= 0.3 is 0 Å². The van der Waals surface area contributed by atoms with Crippen LogP contribution in [0.5, 0.6) is 0 Å². The summed E-state index contributed by atoms with van der Waals surface area (Å²) in [5.41, 5.74) is 3.15. The normalized spacial score (nSPS) is 16.2. The van der Waals surface area contributed by atoms with E-state index in [1.807, 2.05) is 36.5 Å². The Bertz CT molecular complexity index is 629. The fraction of sp³-hybridized carbons (Fsp3) is 0.312. The Morgan fingerprint density at radius 1 is 1.21 bits per heavy atom. The highest BCUT2D eigenvalue weighted by Gasteiger charge is 2.23. The van der Waals surface area contributed by atoms with Gasteiger partial charge in [-0.1, -0.05) is 29.8 Å². The summed E-state index contributed by atoms with van der Waals surface area (Å²) in [6, 6.07) is 10.00. The van der Waals surface area contributed by atoms with Crippen LogP contribution in [0.3, 0.4) is 0 Å². The van der Waals surface area contributed by atoms with Gasteiger partial charge in [-0.05, 0) is 37.5 Å². The highest BCUT2D eigenvalue weighted by Crippen LogP contribution is 2.30. The first-order valence-electron chi connectivity index (χ1n) is 6.66. The molecule has 2 aromatic rings. The maximum atomic E-state index is 11.9. The van der Waals surface area contributed by atoms with Crippen LogP contribution in [-0.4, -0.2) is 10.4 Å². The topological polar surface area (TPSA) is 22.0 Å². The zero-order valence-electron chi connectivity index (χ0n) is 10.9. The van der Waals surface area contributed by atoms with Crippen molar-refractivity contribution in [2.75, 3.05) is 0 Å². The number of hydrogen-bond donors (Lipinski definition) is 0. The second-order valence-corrected chi connectivity index (χ2v) is 5.46. The van der Waals surface area contributed by atoms with Crippen LogP contribution in [0.1, 0.15) is 47.4 Å². The molecule has 1 aromatic carbocycles. The number of carbonyl (C=O) groups excluding carboxylic acids is 1. The summed E-state index contributed by atoms with van der Waals surface area (Å²) in [7, 11) is 0. The van der Waals surface area contributed by atoms with Crippen LogP contribution < -0.4 is 0 Å². The average Bonchev–Trinajstić information content (AvgIpc) is 2.84. The maximum absolute atomic E-state index is 11.9. The predicted octanol–water partition coefficient (Wildman–Crippen LogP) is 4.27. The number of halogens is 1. The molecule has 1 atom stereocenters. The van der Waals surface area contributed by atoms with Crippen LogP contribution >= 0.6 is 11.6 Å². The van der Waals surface area contributed by atoms with Crippen molar-refractivity contribution in [1.29, 1.82) is 0 Å². The summed E-state index contributed by atoms with van der Waals surface area (Å²) in [4.78, 5) is 11.9. The molecule has 0 radical (unpaired) electrons. The van der Waals surface area contributed by atoms with Crippen LogP contribution in [0.15, 0.2) is 36.5 Å². The molecule has 0 saturated carbocycles. The molecular formula is C16H16ClNO. The van der Waals surface area contributed by atoms with Crippen LogP contribution in [0.2, 0.25) is 5.02 Å². The van der Waals surface area contributed by atoms with E-state index >= 15 is 0 Å². The molecule has 3 heteroatoms. The second kappa shape index (κ2) is 4.86. The minimum atomic E-state index is 0.156. The molecule has 1 unspecified atom stereocenters. The molecule has 0 spiro atoms. The van der Waals surface area contributed by atoms with Gasteiger partial charge < -0.3 is 4.57 Å². The maximum Gasteiger partial charge on any atom is 0.164 e. The van der Waals surface area contributed by atoms with Crippen LogP contribution in [0.25, 0.3) is 0 Å². The van der Waals surface area contributed by atoms with Gasteiger partial charge in [-0.2, -0.15) is 0 Å². The molecule has 0 fully saturated rings. The first-order valence-corrected chi connectivity index (χ1v) is 7.03. The molecule has 98 valence electrons. The van der Waals surface area contributed by atoms with Gasteiger partial charge in [0.25, 0.3) is 0 Å².